The molecule has 2 aliphatic rings. The Morgan fingerprint density at radius 2 is 2.25 bits per heavy atom. The maximum absolute atomic E-state index is 11.5. The number of rotatable bonds is 2. The molecule has 2 amide bonds. The molecule has 2 aliphatic heterocycles. The minimum atomic E-state index is -0.115. The molecular weight excluding hydrogens is 206 g/mol. The van der Waals surface area contributed by atoms with Gasteiger partial charge < -0.3 is 20.7 Å². The van der Waals surface area contributed by atoms with Crippen LogP contribution in [0.15, 0.2) is 0 Å². The fourth-order valence-corrected chi connectivity index (χ4v) is 2.66. The Morgan fingerprint density at radius 1 is 1.50 bits per heavy atom. The number of nitrogens with one attached hydrogen (secondary N) is 3. The topological polar surface area (TPSA) is 62.4 Å². The quantitative estimate of drug-likeness (QED) is 0.632. The average Bonchev–Trinajstić information content (AvgIpc) is 2.63. The van der Waals surface area contributed by atoms with E-state index < -0.39 is 0 Å². The maximum Gasteiger partial charge on any atom is 0.315 e. The first-order valence-electron chi connectivity index (χ1n) is 6.16. The van der Waals surface area contributed by atoms with Gasteiger partial charge in [0.25, 0.3) is 0 Å². The summed E-state index contributed by atoms with van der Waals surface area (Å²) >= 11 is 0. The molecule has 0 aromatic carbocycles. The van der Waals surface area contributed by atoms with E-state index in [0.717, 1.165) is 39.0 Å². The van der Waals surface area contributed by atoms with Crippen LogP contribution in [-0.4, -0.2) is 43.9 Å². The molecule has 5 nitrogen and oxygen atoms in total. The van der Waals surface area contributed by atoms with E-state index >= 15 is 0 Å². The molecule has 2 rings (SSSR count). The second-order valence-electron chi connectivity index (χ2n) is 4.51. The van der Waals surface area contributed by atoms with Gasteiger partial charge in [0, 0.05) is 13.2 Å². The first-order chi connectivity index (χ1) is 7.77. The second-order valence-corrected chi connectivity index (χ2v) is 4.51. The summed E-state index contributed by atoms with van der Waals surface area (Å²) in [6.45, 7) is 5.30. The minimum Gasteiger partial charge on any atom is -0.373 e. The summed E-state index contributed by atoms with van der Waals surface area (Å²) in [7, 11) is 0. The van der Waals surface area contributed by atoms with Crippen molar-refractivity contribution in [3.63, 3.8) is 0 Å². The van der Waals surface area contributed by atoms with E-state index in [9.17, 15) is 4.79 Å². The monoisotopic (exact) mass is 227 g/mol. The third-order valence-electron chi connectivity index (χ3n) is 3.52. The van der Waals surface area contributed by atoms with Crippen LogP contribution in [0.1, 0.15) is 26.2 Å². The fourth-order valence-electron chi connectivity index (χ4n) is 2.66. The molecule has 2 saturated heterocycles. The highest BCUT2D eigenvalue weighted by molar-refractivity contribution is 5.74. The molecule has 1 spiro atoms. The van der Waals surface area contributed by atoms with Gasteiger partial charge in [-0.3, -0.25) is 0 Å². The largest absolute Gasteiger partial charge is 0.373 e. The van der Waals surface area contributed by atoms with Crippen molar-refractivity contribution in [3.05, 3.63) is 0 Å². The van der Waals surface area contributed by atoms with E-state index in [1.54, 1.807) is 0 Å². The van der Waals surface area contributed by atoms with Gasteiger partial charge in [0.15, 0.2) is 0 Å². The Hall–Kier alpha value is -0.810. The molecule has 16 heavy (non-hydrogen) atoms. The van der Waals surface area contributed by atoms with Gasteiger partial charge in [-0.15, -0.1) is 0 Å². The molecule has 0 aliphatic carbocycles. The fraction of sp³-hybridized carbons (Fsp3) is 0.909. The van der Waals surface area contributed by atoms with Crippen molar-refractivity contribution in [2.75, 3.05) is 26.2 Å². The molecule has 2 fully saturated rings. The molecule has 2 heterocycles. The number of piperidine rings is 1. The van der Waals surface area contributed by atoms with Crippen LogP contribution in [0.25, 0.3) is 0 Å². The molecule has 5 heteroatoms. The Morgan fingerprint density at radius 3 is 2.94 bits per heavy atom. The van der Waals surface area contributed by atoms with Gasteiger partial charge in [0.05, 0.1) is 11.6 Å². The molecule has 92 valence electrons. The van der Waals surface area contributed by atoms with Gasteiger partial charge >= 0.3 is 6.03 Å². The Labute approximate surface area is 96.3 Å². The predicted octanol–water partition coefficient (Wildman–Crippen LogP) is 0.217. The molecule has 1 unspecified atom stereocenters. The summed E-state index contributed by atoms with van der Waals surface area (Å²) in [6.07, 6.45) is 2.91. The maximum atomic E-state index is 11.5. The van der Waals surface area contributed by atoms with Crippen LogP contribution < -0.4 is 16.0 Å². The number of carbonyl (C=O) groups excluding carboxylic acids is 1. The van der Waals surface area contributed by atoms with E-state index in [-0.39, 0.29) is 17.7 Å². The molecule has 0 aromatic heterocycles. The van der Waals surface area contributed by atoms with Crippen molar-refractivity contribution in [1.82, 2.24) is 16.0 Å². The number of hydrogen-bond donors (Lipinski definition) is 3. The number of hydrogen-bond acceptors (Lipinski definition) is 3. The third kappa shape index (κ3) is 2.30. The standard InChI is InChI=1S/C11H21N3O2/c1-2-13-10(15)14-9-3-8-16-11(9)4-6-12-7-5-11/h9,12H,2-8H2,1H3,(H2,13,14,15). The van der Waals surface area contributed by atoms with Crippen molar-refractivity contribution < 1.29 is 9.53 Å². The number of amides is 2. The highest BCUT2D eigenvalue weighted by Gasteiger charge is 2.45. The normalized spacial score (nSPS) is 27.9. The Kier molecular flexibility index (Phi) is 3.66. The smallest absolute Gasteiger partial charge is 0.315 e. The van der Waals surface area contributed by atoms with Crippen LogP contribution >= 0.6 is 0 Å². The predicted molar refractivity (Wildman–Crippen MR) is 61.4 cm³/mol. The number of carbonyl (C=O) groups is 1. The lowest BCUT2D eigenvalue weighted by Gasteiger charge is -2.38. The molecule has 1 atom stereocenters. The Bertz CT molecular complexity index is 252. The Balaban J connectivity index is 1.94. The van der Waals surface area contributed by atoms with Crippen LogP contribution in [0.3, 0.4) is 0 Å². The molecular formula is C11H21N3O2. The zero-order chi connectivity index (χ0) is 11.4. The lowest BCUT2D eigenvalue weighted by molar-refractivity contribution is -0.0316. The van der Waals surface area contributed by atoms with Gasteiger partial charge in [-0.25, -0.2) is 4.79 Å². The van der Waals surface area contributed by atoms with E-state index in [2.05, 4.69) is 16.0 Å². The third-order valence-corrected chi connectivity index (χ3v) is 3.52. The summed E-state index contributed by atoms with van der Waals surface area (Å²) < 4.78 is 5.89. The van der Waals surface area contributed by atoms with Gasteiger partial charge in [0.1, 0.15) is 0 Å². The van der Waals surface area contributed by atoms with Crippen LogP contribution in [0.5, 0.6) is 0 Å². The average molecular weight is 227 g/mol. The van der Waals surface area contributed by atoms with Gasteiger partial charge in [-0.2, -0.15) is 0 Å². The number of urea groups is 1. The van der Waals surface area contributed by atoms with Crippen molar-refractivity contribution in [1.29, 1.82) is 0 Å². The van der Waals surface area contributed by atoms with Gasteiger partial charge in [-0.05, 0) is 39.3 Å². The lowest BCUT2D eigenvalue weighted by Crippen LogP contribution is -2.56. The summed E-state index contributed by atoms with van der Waals surface area (Å²) in [4.78, 5) is 11.5. The molecule has 0 aromatic rings. The first kappa shape index (κ1) is 11.7. The van der Waals surface area contributed by atoms with Gasteiger partial charge in [-0.1, -0.05) is 0 Å². The molecule has 0 radical (unpaired) electrons. The van der Waals surface area contributed by atoms with E-state index in [0.29, 0.717) is 6.54 Å². The summed E-state index contributed by atoms with van der Waals surface area (Å²) in [5.41, 5.74) is -0.115. The van der Waals surface area contributed by atoms with Crippen LogP contribution in [0.4, 0.5) is 4.79 Å². The van der Waals surface area contributed by atoms with E-state index in [4.69, 9.17) is 4.74 Å². The van der Waals surface area contributed by atoms with Crippen LogP contribution in [0.2, 0.25) is 0 Å². The van der Waals surface area contributed by atoms with E-state index in [1.165, 1.54) is 0 Å². The summed E-state index contributed by atoms with van der Waals surface area (Å²) in [5.74, 6) is 0. The minimum absolute atomic E-state index is 0.0732. The molecule has 0 saturated carbocycles. The summed E-state index contributed by atoms with van der Waals surface area (Å²) in [5, 5.41) is 9.14. The van der Waals surface area contributed by atoms with Crippen molar-refractivity contribution in [2.45, 2.75) is 37.8 Å². The first-order valence-corrected chi connectivity index (χ1v) is 6.16. The molecule has 3 N–H and O–H groups in total. The van der Waals surface area contributed by atoms with E-state index in [1.807, 2.05) is 6.92 Å². The van der Waals surface area contributed by atoms with Crippen LogP contribution in [-0.2, 0) is 4.74 Å². The summed E-state index contributed by atoms with van der Waals surface area (Å²) in [6, 6.07) is 0.0945. The zero-order valence-electron chi connectivity index (χ0n) is 9.84. The SMILES string of the molecule is CCNC(=O)NC1CCOC12CCNCC2. The lowest BCUT2D eigenvalue weighted by atomic mass is 9.85. The molecule has 0 bridgehead atoms. The highest BCUT2D eigenvalue weighted by Crippen LogP contribution is 2.34. The highest BCUT2D eigenvalue weighted by atomic mass is 16.5. The van der Waals surface area contributed by atoms with Gasteiger partial charge in [0.2, 0.25) is 0 Å². The zero-order valence-corrected chi connectivity index (χ0v) is 9.84. The van der Waals surface area contributed by atoms with Crippen molar-refractivity contribution >= 4 is 6.03 Å². The second kappa shape index (κ2) is 5.01. The van der Waals surface area contributed by atoms with Crippen molar-refractivity contribution in [3.8, 4) is 0 Å². The number of ether oxygens (including phenoxy) is 1. The van der Waals surface area contributed by atoms with Crippen LogP contribution in [0, 0.1) is 0 Å². The van der Waals surface area contributed by atoms with Crippen molar-refractivity contribution in [2.24, 2.45) is 0 Å².